The quantitative estimate of drug-likeness (QED) is 0.830. The Morgan fingerprint density at radius 3 is 3.00 bits per heavy atom. The van der Waals surface area contributed by atoms with Gasteiger partial charge in [0, 0.05) is 13.1 Å². The number of fused-ring (bicyclic) bond motifs is 1. The maximum absolute atomic E-state index is 5.73. The van der Waals surface area contributed by atoms with Gasteiger partial charge in [-0.15, -0.1) is 0 Å². The van der Waals surface area contributed by atoms with E-state index in [0.29, 0.717) is 5.92 Å². The fourth-order valence-electron chi connectivity index (χ4n) is 1.93. The van der Waals surface area contributed by atoms with Crippen LogP contribution in [0.3, 0.4) is 0 Å². The molecule has 2 rings (SSSR count). The van der Waals surface area contributed by atoms with E-state index in [1.54, 1.807) is 0 Å². The van der Waals surface area contributed by atoms with Crippen LogP contribution in [0, 0.1) is 5.92 Å². The molecule has 1 aromatic rings. The van der Waals surface area contributed by atoms with Crippen LogP contribution in [-0.4, -0.2) is 24.8 Å². The van der Waals surface area contributed by atoms with E-state index in [0.717, 1.165) is 42.7 Å². The van der Waals surface area contributed by atoms with Gasteiger partial charge in [-0.3, -0.25) is 0 Å². The largest absolute Gasteiger partial charge is 0.491 e. The molecule has 0 saturated heterocycles. The number of hydrogen-bond acceptors (Lipinski definition) is 2. The molecule has 0 radical (unpaired) electrons. The molecular formula is C14H20N2OS. The van der Waals surface area contributed by atoms with Crippen molar-refractivity contribution in [2.75, 3.05) is 24.6 Å². The third kappa shape index (κ3) is 3.13. The Balaban J connectivity index is 2.14. The van der Waals surface area contributed by atoms with Gasteiger partial charge in [-0.2, -0.15) is 0 Å². The monoisotopic (exact) mass is 264 g/mol. The minimum atomic E-state index is 0.585. The standard InChI is InChI=1S/C14H20N2OS/c1-11(2)10-15-14(18)16-8-5-9-17-13-7-4-3-6-12(13)16/h3-4,6-7,11H,5,8-10H2,1-2H3,(H,15,18). The molecule has 1 N–H and O–H groups in total. The SMILES string of the molecule is CC(C)CNC(=S)N1CCCOc2ccccc21. The van der Waals surface area contributed by atoms with Crippen molar-refractivity contribution in [2.24, 2.45) is 5.92 Å². The van der Waals surface area contributed by atoms with Gasteiger partial charge in [0.1, 0.15) is 5.75 Å². The van der Waals surface area contributed by atoms with Crippen LogP contribution in [0.5, 0.6) is 5.75 Å². The summed E-state index contributed by atoms with van der Waals surface area (Å²) in [7, 11) is 0. The lowest BCUT2D eigenvalue weighted by molar-refractivity contribution is 0.322. The maximum atomic E-state index is 5.73. The van der Waals surface area contributed by atoms with Gasteiger partial charge < -0.3 is 15.0 Å². The number of nitrogens with one attached hydrogen (secondary N) is 1. The molecule has 4 heteroatoms. The minimum Gasteiger partial charge on any atom is -0.491 e. The van der Waals surface area contributed by atoms with Crippen molar-refractivity contribution in [3.8, 4) is 5.75 Å². The fourth-order valence-corrected chi connectivity index (χ4v) is 2.20. The summed E-state index contributed by atoms with van der Waals surface area (Å²) >= 11 is 5.49. The lowest BCUT2D eigenvalue weighted by Crippen LogP contribution is -2.41. The van der Waals surface area contributed by atoms with Crippen LogP contribution < -0.4 is 15.0 Å². The van der Waals surface area contributed by atoms with Crippen molar-refractivity contribution in [1.82, 2.24) is 5.32 Å². The Labute approximate surface area is 114 Å². The van der Waals surface area contributed by atoms with E-state index >= 15 is 0 Å². The van der Waals surface area contributed by atoms with Crippen LogP contribution in [0.4, 0.5) is 5.69 Å². The number of anilines is 1. The van der Waals surface area contributed by atoms with Crippen molar-refractivity contribution >= 4 is 23.0 Å². The zero-order valence-corrected chi connectivity index (χ0v) is 11.8. The van der Waals surface area contributed by atoms with E-state index in [1.807, 2.05) is 18.2 Å². The first-order chi connectivity index (χ1) is 8.68. The lowest BCUT2D eigenvalue weighted by atomic mass is 10.2. The predicted octanol–water partition coefficient (Wildman–Crippen LogP) is 2.81. The zero-order chi connectivity index (χ0) is 13.0. The van der Waals surface area contributed by atoms with Gasteiger partial charge in [0.25, 0.3) is 0 Å². The number of benzene rings is 1. The number of nitrogens with zero attached hydrogens (tertiary/aromatic N) is 1. The van der Waals surface area contributed by atoms with Crippen molar-refractivity contribution in [1.29, 1.82) is 0 Å². The normalized spacial score (nSPS) is 14.7. The van der Waals surface area contributed by atoms with Crippen molar-refractivity contribution in [2.45, 2.75) is 20.3 Å². The highest BCUT2D eigenvalue weighted by molar-refractivity contribution is 7.80. The summed E-state index contributed by atoms with van der Waals surface area (Å²) in [4.78, 5) is 2.14. The molecule has 0 amide bonds. The van der Waals surface area contributed by atoms with Gasteiger partial charge in [0.15, 0.2) is 5.11 Å². The molecule has 0 aliphatic carbocycles. The number of hydrogen-bond donors (Lipinski definition) is 1. The van der Waals surface area contributed by atoms with Gasteiger partial charge >= 0.3 is 0 Å². The molecular weight excluding hydrogens is 244 g/mol. The van der Waals surface area contributed by atoms with Gasteiger partial charge in [-0.25, -0.2) is 0 Å². The summed E-state index contributed by atoms with van der Waals surface area (Å²) in [5.41, 5.74) is 1.07. The molecule has 18 heavy (non-hydrogen) atoms. The Kier molecular flexibility index (Phi) is 4.42. The summed E-state index contributed by atoms with van der Waals surface area (Å²) in [6.45, 7) is 6.91. The molecule has 0 spiro atoms. The molecule has 0 bridgehead atoms. The molecule has 1 aromatic carbocycles. The van der Waals surface area contributed by atoms with Crippen LogP contribution in [0.2, 0.25) is 0 Å². The van der Waals surface area contributed by atoms with E-state index in [2.05, 4.69) is 30.1 Å². The molecule has 0 aromatic heterocycles. The average molecular weight is 264 g/mol. The van der Waals surface area contributed by atoms with E-state index in [9.17, 15) is 0 Å². The first-order valence-electron chi connectivity index (χ1n) is 6.45. The number of rotatable bonds is 2. The van der Waals surface area contributed by atoms with Crippen molar-refractivity contribution < 1.29 is 4.74 Å². The second-order valence-electron chi connectivity index (χ2n) is 4.90. The van der Waals surface area contributed by atoms with E-state index in [1.165, 1.54) is 0 Å². The van der Waals surface area contributed by atoms with Gasteiger partial charge in [-0.1, -0.05) is 26.0 Å². The van der Waals surface area contributed by atoms with Crippen LogP contribution in [0.1, 0.15) is 20.3 Å². The van der Waals surface area contributed by atoms with Crippen LogP contribution in [0.25, 0.3) is 0 Å². The van der Waals surface area contributed by atoms with E-state index < -0.39 is 0 Å². The van der Waals surface area contributed by atoms with Gasteiger partial charge in [0.05, 0.1) is 12.3 Å². The lowest BCUT2D eigenvalue weighted by Gasteiger charge is -2.25. The average Bonchev–Trinajstić information content (AvgIpc) is 2.58. The zero-order valence-electron chi connectivity index (χ0n) is 11.0. The second kappa shape index (κ2) is 6.05. The smallest absolute Gasteiger partial charge is 0.173 e. The number of thiocarbonyl (C=S) groups is 1. The van der Waals surface area contributed by atoms with Gasteiger partial charge in [0.2, 0.25) is 0 Å². The summed E-state index contributed by atoms with van der Waals surface area (Å²) in [5, 5.41) is 4.12. The molecule has 0 fully saturated rings. The highest BCUT2D eigenvalue weighted by Gasteiger charge is 2.19. The summed E-state index contributed by atoms with van der Waals surface area (Å²) in [5.74, 6) is 1.50. The third-order valence-corrected chi connectivity index (χ3v) is 3.21. The van der Waals surface area contributed by atoms with Crippen LogP contribution >= 0.6 is 12.2 Å². The summed E-state index contributed by atoms with van der Waals surface area (Å²) in [6.07, 6.45) is 0.984. The Bertz CT molecular complexity index is 420. The molecule has 1 heterocycles. The number of ether oxygens (including phenoxy) is 1. The third-order valence-electron chi connectivity index (χ3n) is 2.85. The maximum Gasteiger partial charge on any atom is 0.173 e. The highest BCUT2D eigenvalue weighted by Crippen LogP contribution is 2.30. The first kappa shape index (κ1) is 13.1. The molecule has 1 aliphatic heterocycles. The summed E-state index contributed by atoms with van der Waals surface area (Å²) < 4.78 is 5.73. The predicted molar refractivity (Wildman–Crippen MR) is 79.3 cm³/mol. The molecule has 0 unspecified atom stereocenters. The van der Waals surface area contributed by atoms with Gasteiger partial charge in [-0.05, 0) is 36.7 Å². The molecule has 3 nitrogen and oxygen atoms in total. The minimum absolute atomic E-state index is 0.585. The van der Waals surface area contributed by atoms with Crippen molar-refractivity contribution in [3.63, 3.8) is 0 Å². The molecule has 0 atom stereocenters. The second-order valence-corrected chi connectivity index (χ2v) is 5.29. The Morgan fingerprint density at radius 1 is 1.44 bits per heavy atom. The van der Waals surface area contributed by atoms with Crippen molar-refractivity contribution in [3.05, 3.63) is 24.3 Å². The first-order valence-corrected chi connectivity index (χ1v) is 6.86. The van der Waals surface area contributed by atoms with E-state index in [4.69, 9.17) is 17.0 Å². The topological polar surface area (TPSA) is 24.5 Å². The highest BCUT2D eigenvalue weighted by atomic mass is 32.1. The van der Waals surface area contributed by atoms with E-state index in [-0.39, 0.29) is 0 Å². The summed E-state index contributed by atoms with van der Waals surface area (Å²) in [6, 6.07) is 8.07. The van der Waals surface area contributed by atoms with Crippen LogP contribution in [-0.2, 0) is 0 Å². The molecule has 98 valence electrons. The molecule has 0 saturated carbocycles. The Morgan fingerprint density at radius 2 is 2.22 bits per heavy atom. The Hall–Kier alpha value is -1.29. The number of para-hydroxylation sites is 2. The fraction of sp³-hybridized carbons (Fsp3) is 0.500. The van der Waals surface area contributed by atoms with Crippen LogP contribution in [0.15, 0.2) is 24.3 Å². The molecule has 1 aliphatic rings.